The van der Waals surface area contributed by atoms with Crippen molar-refractivity contribution in [3.05, 3.63) is 5.92 Å². The van der Waals surface area contributed by atoms with Crippen molar-refractivity contribution < 1.29 is 13.0 Å². The van der Waals surface area contributed by atoms with Crippen molar-refractivity contribution in [3.8, 4) is 0 Å². The van der Waals surface area contributed by atoms with E-state index in [2.05, 4.69) is 20.8 Å². The van der Waals surface area contributed by atoms with Crippen molar-refractivity contribution in [1.82, 2.24) is 0 Å². The number of rotatable bonds is 1. The van der Waals surface area contributed by atoms with Crippen LogP contribution in [0.25, 0.3) is 0 Å². The van der Waals surface area contributed by atoms with E-state index in [9.17, 15) is 0 Å². The molecular formula is C5H11Cl3Rh. The van der Waals surface area contributed by atoms with E-state index in [0.29, 0.717) is 0 Å². The van der Waals surface area contributed by atoms with Gasteiger partial charge in [-0.2, -0.15) is 0 Å². The van der Waals surface area contributed by atoms with Crippen LogP contribution < -0.4 is 0 Å². The van der Waals surface area contributed by atoms with E-state index in [0.717, 1.165) is 0 Å². The first kappa shape index (κ1) is 13.1. The van der Waals surface area contributed by atoms with E-state index in [1.807, 2.05) is 0 Å². The van der Waals surface area contributed by atoms with Crippen LogP contribution in [0.3, 0.4) is 0 Å². The number of hydrogen-bond acceptors (Lipinski definition) is 0. The molecule has 0 fully saturated rings. The average Bonchev–Trinajstić information content (AvgIpc) is 1.65. The molecule has 0 atom stereocenters. The van der Waals surface area contributed by atoms with Crippen molar-refractivity contribution in [2.24, 2.45) is 0 Å². The van der Waals surface area contributed by atoms with Gasteiger partial charge in [-0.3, -0.25) is 0 Å². The van der Waals surface area contributed by atoms with E-state index >= 15 is 0 Å². The molecule has 0 N–H and O–H groups in total. The summed E-state index contributed by atoms with van der Waals surface area (Å²) in [6.07, 6.45) is 1.22. The Morgan fingerprint density at radius 3 is 1.33 bits per heavy atom. The molecule has 0 aromatic heterocycles. The maximum absolute atomic E-state index is 4.94. The van der Waals surface area contributed by atoms with Crippen LogP contribution in [0.4, 0.5) is 0 Å². The predicted octanol–water partition coefficient (Wildman–Crippen LogP) is 4.08. The van der Waals surface area contributed by atoms with Gasteiger partial charge in [0, 0.05) is 0 Å². The summed E-state index contributed by atoms with van der Waals surface area (Å²) in [5.41, 5.74) is 0. The van der Waals surface area contributed by atoms with Gasteiger partial charge in [0.05, 0.1) is 0 Å². The molecule has 0 bridgehead atoms. The van der Waals surface area contributed by atoms with Gasteiger partial charge in [-0.15, -0.1) is 0 Å². The van der Waals surface area contributed by atoms with Gasteiger partial charge in [-0.25, -0.2) is 0 Å². The standard InChI is InChI=1S/C5H11.3ClH.Rh/c1-4-5(2)3;;;;/h4H2,1-3H3;3*1H;/q;;;;+3/p-3. The summed E-state index contributed by atoms with van der Waals surface area (Å²) in [6, 6.07) is 0. The first-order valence-corrected chi connectivity index (χ1v) is 8.77. The van der Waals surface area contributed by atoms with Crippen LogP contribution in [-0.4, -0.2) is 0 Å². The fourth-order valence-corrected chi connectivity index (χ4v) is 0. The Bertz CT molecular complexity index is 44.7. The molecule has 4 heteroatoms. The molecule has 0 aliphatic carbocycles. The summed E-state index contributed by atoms with van der Waals surface area (Å²) in [5.74, 6) is 1.50. The first-order valence-electron chi connectivity index (χ1n) is 2.44. The second kappa shape index (κ2) is 9.49. The van der Waals surface area contributed by atoms with Crippen LogP contribution in [0.15, 0.2) is 0 Å². The van der Waals surface area contributed by atoms with Crippen molar-refractivity contribution >= 4 is 29.1 Å². The van der Waals surface area contributed by atoms with Gasteiger partial charge in [0.15, 0.2) is 0 Å². The molecule has 0 aliphatic heterocycles. The SMILES string of the molecule is CC[C](C)C.[Cl][Rh]([Cl])[Cl]. The molecule has 0 heterocycles. The average molecular weight is 280 g/mol. The number of hydrogen-bond donors (Lipinski definition) is 0. The zero-order valence-electron chi connectivity index (χ0n) is 5.67. The quantitative estimate of drug-likeness (QED) is 0.635. The van der Waals surface area contributed by atoms with Gasteiger partial charge < -0.3 is 0 Å². The molecule has 0 nitrogen and oxygen atoms in total. The first-order chi connectivity index (χ1) is 4.00. The zero-order chi connectivity index (χ0) is 7.86. The van der Waals surface area contributed by atoms with Crippen LogP contribution in [0.1, 0.15) is 27.2 Å². The molecule has 0 aliphatic rings. The summed E-state index contributed by atoms with van der Waals surface area (Å²) < 4.78 is 0. The summed E-state index contributed by atoms with van der Waals surface area (Å²) in [7, 11) is 14.8. The van der Waals surface area contributed by atoms with Gasteiger partial charge in [-0.1, -0.05) is 27.2 Å². The Hall–Kier alpha value is 1.49. The third kappa shape index (κ3) is 43.7. The molecule has 0 saturated carbocycles. The van der Waals surface area contributed by atoms with Crippen LogP contribution in [0, 0.1) is 5.92 Å². The van der Waals surface area contributed by atoms with Crippen LogP contribution in [0.5, 0.6) is 0 Å². The molecular weight excluding hydrogens is 269 g/mol. The molecule has 0 aromatic carbocycles. The Labute approximate surface area is 74.9 Å². The maximum atomic E-state index is 4.94. The zero-order valence-corrected chi connectivity index (χ0v) is 9.58. The Balaban J connectivity index is 0. The van der Waals surface area contributed by atoms with Crippen LogP contribution in [-0.2, 0) is 13.0 Å². The van der Waals surface area contributed by atoms with Gasteiger partial charge in [-0.05, 0) is 5.92 Å². The summed E-state index contributed by atoms with van der Waals surface area (Å²) in [6.45, 7) is 6.44. The minimum absolute atomic E-state index is 1.22. The molecule has 0 rings (SSSR count). The normalized spacial score (nSPS) is 10.3. The van der Waals surface area contributed by atoms with Gasteiger partial charge >= 0.3 is 42.1 Å². The topological polar surface area (TPSA) is 0 Å². The van der Waals surface area contributed by atoms with Crippen molar-refractivity contribution in [2.75, 3.05) is 0 Å². The van der Waals surface area contributed by atoms with Gasteiger partial charge in [0.25, 0.3) is 0 Å². The predicted molar refractivity (Wildman–Crippen MR) is 42.4 cm³/mol. The second-order valence-electron chi connectivity index (χ2n) is 1.70. The third-order valence-corrected chi connectivity index (χ3v) is 0.707. The van der Waals surface area contributed by atoms with Crippen LogP contribution >= 0.6 is 29.1 Å². The van der Waals surface area contributed by atoms with Crippen molar-refractivity contribution in [2.45, 2.75) is 27.2 Å². The van der Waals surface area contributed by atoms with Crippen molar-refractivity contribution in [1.29, 1.82) is 0 Å². The molecule has 9 heavy (non-hydrogen) atoms. The monoisotopic (exact) mass is 279 g/mol. The number of halogens is 3. The fraction of sp³-hybridized carbons (Fsp3) is 0.800. The van der Waals surface area contributed by atoms with Crippen LogP contribution in [0.2, 0.25) is 0 Å². The molecule has 0 spiro atoms. The molecule has 0 unspecified atom stereocenters. The fourth-order valence-electron chi connectivity index (χ4n) is 0. The Morgan fingerprint density at radius 2 is 1.33 bits per heavy atom. The van der Waals surface area contributed by atoms with Gasteiger partial charge in [0.1, 0.15) is 0 Å². The van der Waals surface area contributed by atoms with E-state index < -0.39 is 13.0 Å². The second-order valence-corrected chi connectivity index (χ2v) is 9.17. The Kier molecular flexibility index (Phi) is 13.8. The van der Waals surface area contributed by atoms with E-state index in [4.69, 9.17) is 29.1 Å². The van der Waals surface area contributed by atoms with E-state index in [1.165, 1.54) is 12.3 Å². The molecule has 61 valence electrons. The summed E-state index contributed by atoms with van der Waals surface area (Å²) >= 11 is -1.66. The van der Waals surface area contributed by atoms with Crippen molar-refractivity contribution in [3.63, 3.8) is 0 Å². The van der Waals surface area contributed by atoms with E-state index in [-0.39, 0.29) is 0 Å². The molecule has 0 amide bonds. The summed E-state index contributed by atoms with van der Waals surface area (Å²) in [4.78, 5) is 0. The molecule has 0 aromatic rings. The van der Waals surface area contributed by atoms with E-state index in [1.54, 1.807) is 0 Å². The minimum atomic E-state index is -1.66. The molecule has 1 radical (unpaired) electrons. The Morgan fingerprint density at radius 1 is 1.22 bits per heavy atom. The third-order valence-electron chi connectivity index (χ3n) is 0.707. The van der Waals surface area contributed by atoms with Gasteiger partial charge in [0.2, 0.25) is 0 Å². The molecule has 0 saturated heterocycles. The summed E-state index contributed by atoms with van der Waals surface area (Å²) in [5, 5.41) is 0.